The number of benzene rings is 2. The smallest absolute Gasteiger partial charge is 0.103 e. The predicted molar refractivity (Wildman–Crippen MR) is 111 cm³/mol. The Labute approximate surface area is 159 Å². The molecule has 0 saturated carbocycles. The minimum atomic E-state index is 0.552. The summed E-state index contributed by atoms with van der Waals surface area (Å²) >= 11 is 0. The maximum atomic E-state index is 9.52. The van der Waals surface area contributed by atoms with E-state index in [1.807, 2.05) is 25.1 Å². The van der Waals surface area contributed by atoms with Gasteiger partial charge < -0.3 is 15.1 Å². The van der Waals surface area contributed by atoms with E-state index in [0.717, 1.165) is 54.0 Å². The maximum absolute atomic E-state index is 9.52. The van der Waals surface area contributed by atoms with Crippen LogP contribution >= 0.6 is 0 Å². The molecule has 3 aromatic rings. The number of nitriles is 1. The molecule has 0 atom stereocenters. The Morgan fingerprint density at radius 1 is 1.04 bits per heavy atom. The fourth-order valence-corrected chi connectivity index (χ4v) is 3.55. The van der Waals surface area contributed by atoms with Gasteiger partial charge in [0.1, 0.15) is 6.07 Å². The number of piperazine rings is 1. The highest BCUT2D eigenvalue weighted by Gasteiger charge is 2.14. The number of likely N-dealkylation sites (N-methyl/N-ethyl adjacent to an activating group) is 1. The SMILES string of the molecule is Cc1cccc2c(Nc3ccc(N4CCN(C)CC4)cc3)c(C#N)cnc12. The van der Waals surface area contributed by atoms with Gasteiger partial charge in [-0.3, -0.25) is 4.98 Å². The summed E-state index contributed by atoms with van der Waals surface area (Å²) in [4.78, 5) is 9.23. The van der Waals surface area contributed by atoms with Gasteiger partial charge in [0, 0.05) is 49.1 Å². The van der Waals surface area contributed by atoms with Gasteiger partial charge in [0.05, 0.1) is 16.8 Å². The third kappa shape index (κ3) is 3.44. The Hall–Kier alpha value is -3.10. The summed E-state index contributed by atoms with van der Waals surface area (Å²) in [5.74, 6) is 0. The van der Waals surface area contributed by atoms with E-state index in [1.165, 1.54) is 5.69 Å². The molecule has 1 aliphatic rings. The van der Waals surface area contributed by atoms with Crippen molar-refractivity contribution in [3.05, 3.63) is 59.8 Å². The molecule has 0 radical (unpaired) electrons. The molecule has 0 amide bonds. The molecule has 1 fully saturated rings. The number of fused-ring (bicyclic) bond motifs is 1. The van der Waals surface area contributed by atoms with Gasteiger partial charge in [-0.05, 0) is 43.8 Å². The largest absolute Gasteiger partial charge is 0.369 e. The van der Waals surface area contributed by atoms with E-state index < -0.39 is 0 Å². The monoisotopic (exact) mass is 357 g/mol. The fraction of sp³-hybridized carbons (Fsp3) is 0.273. The third-order valence-corrected chi connectivity index (χ3v) is 5.22. The molecule has 0 aliphatic carbocycles. The van der Waals surface area contributed by atoms with Crippen LogP contribution in [0.15, 0.2) is 48.7 Å². The van der Waals surface area contributed by atoms with Crippen molar-refractivity contribution >= 4 is 28.0 Å². The molecule has 1 aromatic heterocycles. The molecule has 0 spiro atoms. The first kappa shape index (κ1) is 17.3. The third-order valence-electron chi connectivity index (χ3n) is 5.22. The first-order valence-electron chi connectivity index (χ1n) is 9.25. The summed E-state index contributed by atoms with van der Waals surface area (Å²) in [5, 5.41) is 13.9. The molecule has 5 heteroatoms. The zero-order valence-corrected chi connectivity index (χ0v) is 15.7. The number of nitrogens with one attached hydrogen (secondary N) is 1. The van der Waals surface area contributed by atoms with Crippen LogP contribution in [-0.4, -0.2) is 43.1 Å². The lowest BCUT2D eigenvalue weighted by atomic mass is 10.1. The Morgan fingerprint density at radius 2 is 1.78 bits per heavy atom. The van der Waals surface area contributed by atoms with Crippen LogP contribution in [0.2, 0.25) is 0 Å². The highest BCUT2D eigenvalue weighted by Crippen LogP contribution is 2.31. The number of para-hydroxylation sites is 1. The second-order valence-electron chi connectivity index (χ2n) is 7.09. The van der Waals surface area contributed by atoms with Gasteiger partial charge >= 0.3 is 0 Å². The lowest BCUT2D eigenvalue weighted by Crippen LogP contribution is -2.44. The van der Waals surface area contributed by atoms with Crippen LogP contribution in [0.4, 0.5) is 17.1 Å². The zero-order valence-electron chi connectivity index (χ0n) is 15.7. The second kappa shape index (κ2) is 7.26. The first-order valence-corrected chi connectivity index (χ1v) is 9.25. The van der Waals surface area contributed by atoms with Crippen LogP contribution in [0.3, 0.4) is 0 Å². The highest BCUT2D eigenvalue weighted by atomic mass is 15.2. The normalized spacial score (nSPS) is 14.9. The summed E-state index contributed by atoms with van der Waals surface area (Å²) in [6.07, 6.45) is 1.65. The topological polar surface area (TPSA) is 55.2 Å². The lowest BCUT2D eigenvalue weighted by molar-refractivity contribution is 0.313. The van der Waals surface area contributed by atoms with E-state index in [4.69, 9.17) is 0 Å². The van der Waals surface area contributed by atoms with Crippen LogP contribution < -0.4 is 10.2 Å². The number of aryl methyl sites for hydroxylation is 1. The van der Waals surface area contributed by atoms with Gasteiger partial charge in [0.2, 0.25) is 0 Å². The number of rotatable bonds is 3. The molecule has 0 unspecified atom stereocenters. The van der Waals surface area contributed by atoms with Crippen molar-refractivity contribution in [2.24, 2.45) is 0 Å². The van der Waals surface area contributed by atoms with Crippen molar-refractivity contribution in [2.45, 2.75) is 6.92 Å². The molecule has 2 aromatic carbocycles. The fourth-order valence-electron chi connectivity index (χ4n) is 3.55. The van der Waals surface area contributed by atoms with E-state index in [0.29, 0.717) is 5.56 Å². The number of nitrogens with zero attached hydrogens (tertiary/aromatic N) is 4. The molecular weight excluding hydrogens is 334 g/mol. The van der Waals surface area contributed by atoms with Gasteiger partial charge in [0.15, 0.2) is 0 Å². The van der Waals surface area contributed by atoms with Crippen LogP contribution in [0.25, 0.3) is 10.9 Å². The molecule has 136 valence electrons. The van der Waals surface area contributed by atoms with Crippen LogP contribution in [-0.2, 0) is 0 Å². The zero-order chi connectivity index (χ0) is 18.8. The molecule has 5 nitrogen and oxygen atoms in total. The second-order valence-corrected chi connectivity index (χ2v) is 7.09. The van der Waals surface area contributed by atoms with Crippen molar-refractivity contribution < 1.29 is 0 Å². The van der Waals surface area contributed by atoms with E-state index in [2.05, 4.69) is 57.5 Å². The molecule has 2 heterocycles. The minimum absolute atomic E-state index is 0.552. The minimum Gasteiger partial charge on any atom is -0.369 e. The number of anilines is 3. The van der Waals surface area contributed by atoms with Gasteiger partial charge in [-0.2, -0.15) is 5.26 Å². The van der Waals surface area contributed by atoms with E-state index in [1.54, 1.807) is 6.20 Å². The Morgan fingerprint density at radius 3 is 2.48 bits per heavy atom. The summed E-state index contributed by atoms with van der Waals surface area (Å²) in [6, 6.07) is 16.8. The van der Waals surface area contributed by atoms with Crippen LogP contribution in [0, 0.1) is 18.3 Å². The van der Waals surface area contributed by atoms with Gasteiger partial charge in [-0.15, -0.1) is 0 Å². The summed E-state index contributed by atoms with van der Waals surface area (Å²) in [5.41, 5.74) is 5.61. The van der Waals surface area contributed by atoms with Crippen LogP contribution in [0.5, 0.6) is 0 Å². The van der Waals surface area contributed by atoms with Gasteiger partial charge in [0.25, 0.3) is 0 Å². The summed E-state index contributed by atoms with van der Waals surface area (Å²) in [7, 11) is 2.16. The number of aromatic nitrogens is 1. The molecule has 0 bridgehead atoms. The predicted octanol–water partition coefficient (Wildman–Crippen LogP) is 3.91. The summed E-state index contributed by atoms with van der Waals surface area (Å²) < 4.78 is 0. The maximum Gasteiger partial charge on any atom is 0.103 e. The molecule has 4 rings (SSSR count). The number of hydrogen-bond acceptors (Lipinski definition) is 5. The molecular formula is C22H23N5. The van der Waals surface area contributed by atoms with E-state index in [9.17, 15) is 5.26 Å². The van der Waals surface area contributed by atoms with E-state index >= 15 is 0 Å². The summed E-state index contributed by atoms with van der Waals surface area (Å²) in [6.45, 7) is 6.32. The highest BCUT2D eigenvalue weighted by molar-refractivity contribution is 5.97. The quantitative estimate of drug-likeness (QED) is 0.770. The first-order chi connectivity index (χ1) is 13.2. The molecule has 1 saturated heterocycles. The standard InChI is InChI=1S/C22H23N5/c1-16-4-3-5-20-21(16)24-15-17(14-23)22(20)25-18-6-8-19(9-7-18)27-12-10-26(2)11-13-27/h3-9,15H,10-13H2,1-2H3,(H,24,25). The van der Waals surface area contributed by atoms with E-state index in [-0.39, 0.29) is 0 Å². The molecule has 1 N–H and O–H groups in total. The molecule has 1 aliphatic heterocycles. The number of hydrogen-bond donors (Lipinski definition) is 1. The van der Waals surface area contributed by atoms with Crippen LogP contribution in [0.1, 0.15) is 11.1 Å². The Bertz CT molecular complexity index is 996. The van der Waals surface area contributed by atoms with Gasteiger partial charge in [-0.25, -0.2) is 0 Å². The number of pyridine rings is 1. The van der Waals surface area contributed by atoms with Gasteiger partial charge in [-0.1, -0.05) is 18.2 Å². The lowest BCUT2D eigenvalue weighted by Gasteiger charge is -2.34. The van der Waals surface area contributed by atoms with Crippen molar-refractivity contribution in [2.75, 3.05) is 43.4 Å². The van der Waals surface area contributed by atoms with Crippen molar-refractivity contribution in [1.82, 2.24) is 9.88 Å². The van der Waals surface area contributed by atoms with Crippen molar-refractivity contribution in [3.63, 3.8) is 0 Å². The Kier molecular flexibility index (Phi) is 4.66. The molecule has 27 heavy (non-hydrogen) atoms. The van der Waals surface area contributed by atoms with Crippen molar-refractivity contribution in [1.29, 1.82) is 5.26 Å². The average molecular weight is 357 g/mol. The van der Waals surface area contributed by atoms with Crippen molar-refractivity contribution in [3.8, 4) is 6.07 Å². The Balaban J connectivity index is 1.63. The average Bonchev–Trinajstić information content (AvgIpc) is 2.70.